The summed E-state index contributed by atoms with van der Waals surface area (Å²) < 4.78 is 0. The molecule has 0 aromatic rings. The van der Waals surface area contributed by atoms with Gasteiger partial charge in [-0.05, 0) is 18.4 Å². The number of allylic oxidation sites excluding steroid dienone is 5. The van der Waals surface area contributed by atoms with Crippen LogP contribution in [0.2, 0.25) is 0 Å². The fraction of sp³-hybridized carbons (Fsp3) is 0.222. The summed E-state index contributed by atoms with van der Waals surface area (Å²) in [5.41, 5.74) is 0. The summed E-state index contributed by atoms with van der Waals surface area (Å²) >= 11 is 7.04. The standard InChI is InChI=1S/C9H10ClNS/c1-9(10)5-3-2-4-7-12-8-6-11/h2-5,7H,8H2,1H3/b3-2-,7-4+,9-5+. The zero-order valence-corrected chi connectivity index (χ0v) is 8.40. The lowest BCUT2D eigenvalue weighted by atomic mass is 10.4. The molecule has 0 unspecified atom stereocenters. The average molecular weight is 200 g/mol. The minimum absolute atomic E-state index is 0.495. The largest absolute Gasteiger partial charge is 0.197 e. The van der Waals surface area contributed by atoms with Gasteiger partial charge in [-0.1, -0.05) is 29.8 Å². The van der Waals surface area contributed by atoms with Crippen LogP contribution in [0.3, 0.4) is 0 Å². The molecule has 0 aliphatic heterocycles. The van der Waals surface area contributed by atoms with Crippen LogP contribution in [0.15, 0.2) is 34.7 Å². The molecule has 0 aliphatic carbocycles. The summed E-state index contributed by atoms with van der Waals surface area (Å²) in [7, 11) is 0. The molecule has 1 nitrogen and oxygen atoms in total. The summed E-state index contributed by atoms with van der Waals surface area (Å²) in [4.78, 5) is 0. The van der Waals surface area contributed by atoms with Crippen molar-refractivity contribution in [3.8, 4) is 6.07 Å². The van der Waals surface area contributed by atoms with E-state index in [4.69, 9.17) is 16.9 Å². The van der Waals surface area contributed by atoms with Crippen molar-refractivity contribution in [3.05, 3.63) is 34.7 Å². The molecular formula is C9H10ClNS. The molecule has 0 rings (SSSR count). The van der Waals surface area contributed by atoms with Crippen LogP contribution >= 0.6 is 23.4 Å². The topological polar surface area (TPSA) is 23.8 Å². The maximum absolute atomic E-state index is 8.19. The fourth-order valence-corrected chi connectivity index (χ4v) is 0.884. The van der Waals surface area contributed by atoms with Crippen molar-refractivity contribution in [1.82, 2.24) is 0 Å². The third-order valence-electron chi connectivity index (χ3n) is 0.871. The van der Waals surface area contributed by atoms with Crippen molar-refractivity contribution in [2.75, 3.05) is 5.75 Å². The highest BCUT2D eigenvalue weighted by molar-refractivity contribution is 8.02. The van der Waals surface area contributed by atoms with Crippen LogP contribution in [0.25, 0.3) is 0 Å². The van der Waals surface area contributed by atoms with E-state index >= 15 is 0 Å². The van der Waals surface area contributed by atoms with E-state index in [0.29, 0.717) is 5.75 Å². The number of hydrogen-bond donors (Lipinski definition) is 0. The van der Waals surface area contributed by atoms with Gasteiger partial charge in [0.2, 0.25) is 0 Å². The average Bonchev–Trinajstić information content (AvgIpc) is 2.02. The van der Waals surface area contributed by atoms with Gasteiger partial charge in [0.1, 0.15) is 0 Å². The Balaban J connectivity index is 3.54. The Hall–Kier alpha value is -0.650. The van der Waals surface area contributed by atoms with Crippen molar-refractivity contribution in [2.24, 2.45) is 0 Å². The number of halogens is 1. The van der Waals surface area contributed by atoms with Gasteiger partial charge in [-0.25, -0.2) is 0 Å². The molecule has 0 heterocycles. The quantitative estimate of drug-likeness (QED) is 0.512. The van der Waals surface area contributed by atoms with Gasteiger partial charge in [-0.2, -0.15) is 5.26 Å². The minimum atomic E-state index is 0.495. The van der Waals surface area contributed by atoms with E-state index in [2.05, 4.69) is 0 Å². The highest BCUT2D eigenvalue weighted by atomic mass is 35.5. The molecule has 0 saturated carbocycles. The smallest absolute Gasteiger partial charge is 0.0849 e. The van der Waals surface area contributed by atoms with E-state index in [0.717, 1.165) is 5.03 Å². The number of nitrogens with zero attached hydrogens (tertiary/aromatic N) is 1. The molecule has 0 aromatic carbocycles. The molecule has 0 aromatic heterocycles. The zero-order valence-electron chi connectivity index (χ0n) is 6.83. The van der Waals surface area contributed by atoms with E-state index in [9.17, 15) is 0 Å². The summed E-state index contributed by atoms with van der Waals surface area (Å²) in [6.45, 7) is 1.82. The first-order valence-electron chi connectivity index (χ1n) is 3.41. The van der Waals surface area contributed by atoms with Gasteiger partial charge in [0.15, 0.2) is 0 Å². The lowest BCUT2D eigenvalue weighted by Crippen LogP contribution is -1.61. The maximum Gasteiger partial charge on any atom is 0.0849 e. The second kappa shape index (κ2) is 8.45. The normalized spacial score (nSPS) is 12.6. The molecule has 0 radical (unpaired) electrons. The summed E-state index contributed by atoms with van der Waals surface area (Å²) in [6.07, 6.45) is 7.40. The minimum Gasteiger partial charge on any atom is -0.197 e. The molecule has 0 aliphatic rings. The number of thioether (sulfide) groups is 1. The lowest BCUT2D eigenvalue weighted by molar-refractivity contribution is 1.50. The van der Waals surface area contributed by atoms with E-state index in [1.54, 1.807) is 6.08 Å². The first-order chi connectivity index (χ1) is 5.77. The molecule has 12 heavy (non-hydrogen) atoms. The van der Waals surface area contributed by atoms with Gasteiger partial charge in [0.25, 0.3) is 0 Å². The molecule has 0 N–H and O–H groups in total. The predicted octanol–water partition coefficient (Wildman–Crippen LogP) is 3.46. The van der Waals surface area contributed by atoms with Gasteiger partial charge < -0.3 is 0 Å². The SMILES string of the molecule is C\C(Cl)=C/C=C\C=C\SCC#N. The third-order valence-corrected chi connectivity index (χ3v) is 1.64. The Morgan fingerprint density at radius 1 is 1.50 bits per heavy atom. The Bertz CT molecular complexity index is 231. The van der Waals surface area contributed by atoms with Crippen molar-refractivity contribution in [2.45, 2.75) is 6.92 Å². The van der Waals surface area contributed by atoms with Crippen LogP contribution in [0.1, 0.15) is 6.92 Å². The van der Waals surface area contributed by atoms with Crippen LogP contribution < -0.4 is 0 Å². The van der Waals surface area contributed by atoms with Crippen molar-refractivity contribution in [1.29, 1.82) is 5.26 Å². The highest BCUT2D eigenvalue weighted by Crippen LogP contribution is 2.01. The van der Waals surface area contributed by atoms with Crippen LogP contribution in [-0.2, 0) is 0 Å². The second-order valence-corrected chi connectivity index (χ2v) is 3.43. The van der Waals surface area contributed by atoms with Gasteiger partial charge in [0, 0.05) is 5.03 Å². The summed E-state index contributed by atoms with van der Waals surface area (Å²) in [5, 5.41) is 10.8. The number of hydrogen-bond acceptors (Lipinski definition) is 2. The van der Waals surface area contributed by atoms with Crippen molar-refractivity contribution in [3.63, 3.8) is 0 Å². The van der Waals surface area contributed by atoms with Gasteiger partial charge in [-0.15, -0.1) is 11.8 Å². The molecule has 0 saturated heterocycles. The van der Waals surface area contributed by atoms with E-state index < -0.39 is 0 Å². The van der Waals surface area contributed by atoms with Gasteiger partial charge >= 0.3 is 0 Å². The van der Waals surface area contributed by atoms with Crippen LogP contribution in [0.4, 0.5) is 0 Å². The fourth-order valence-electron chi connectivity index (χ4n) is 0.439. The summed E-state index contributed by atoms with van der Waals surface area (Å²) in [5.74, 6) is 0.495. The van der Waals surface area contributed by atoms with Crippen molar-refractivity contribution < 1.29 is 0 Å². The van der Waals surface area contributed by atoms with Crippen molar-refractivity contribution >= 4 is 23.4 Å². The Labute approximate surface area is 82.4 Å². The van der Waals surface area contributed by atoms with Crippen LogP contribution in [0, 0.1) is 11.3 Å². The Morgan fingerprint density at radius 3 is 2.83 bits per heavy atom. The van der Waals surface area contributed by atoms with Crippen LogP contribution in [0.5, 0.6) is 0 Å². The first-order valence-corrected chi connectivity index (χ1v) is 4.84. The molecule has 0 spiro atoms. The number of rotatable bonds is 4. The van der Waals surface area contributed by atoms with Gasteiger partial charge in [0.05, 0.1) is 11.8 Å². The molecule has 0 fully saturated rings. The van der Waals surface area contributed by atoms with E-state index in [1.807, 2.05) is 36.6 Å². The Kier molecular flexibility index (Phi) is 7.99. The van der Waals surface area contributed by atoms with Crippen LogP contribution in [-0.4, -0.2) is 5.75 Å². The highest BCUT2D eigenvalue weighted by Gasteiger charge is 1.74. The van der Waals surface area contributed by atoms with E-state index in [-0.39, 0.29) is 0 Å². The van der Waals surface area contributed by atoms with Gasteiger partial charge in [-0.3, -0.25) is 0 Å². The zero-order chi connectivity index (χ0) is 9.23. The van der Waals surface area contributed by atoms with E-state index in [1.165, 1.54) is 11.8 Å². The molecule has 0 atom stereocenters. The molecule has 64 valence electrons. The number of nitriles is 1. The predicted molar refractivity (Wildman–Crippen MR) is 56.0 cm³/mol. The lowest BCUT2D eigenvalue weighted by Gasteiger charge is -1.79. The maximum atomic E-state index is 8.19. The molecular weight excluding hydrogens is 190 g/mol. The molecule has 0 amide bonds. The Morgan fingerprint density at radius 2 is 2.25 bits per heavy atom. The second-order valence-electron chi connectivity index (χ2n) is 1.94. The third kappa shape index (κ3) is 9.35. The summed E-state index contributed by atoms with van der Waals surface area (Å²) in [6, 6.07) is 2.03. The molecule has 0 bridgehead atoms. The molecule has 3 heteroatoms. The monoisotopic (exact) mass is 199 g/mol. The first kappa shape index (κ1) is 11.4.